The number of likely N-dealkylation sites (tertiary alicyclic amines) is 1. The number of ether oxygens (including phenoxy) is 1. The van der Waals surface area contributed by atoms with Gasteiger partial charge in [0.05, 0.1) is 0 Å². The van der Waals surface area contributed by atoms with Crippen LogP contribution in [0.25, 0.3) is 10.8 Å². The first kappa shape index (κ1) is 16.5. The third-order valence-electron chi connectivity index (χ3n) is 4.79. The molecule has 0 bridgehead atoms. The average molecular weight is 347 g/mol. The van der Waals surface area contributed by atoms with Crippen molar-refractivity contribution in [3.63, 3.8) is 0 Å². The van der Waals surface area contributed by atoms with Crippen molar-refractivity contribution in [2.24, 2.45) is 0 Å². The summed E-state index contributed by atoms with van der Waals surface area (Å²) in [4.78, 5) is 23.3. The highest BCUT2D eigenvalue weighted by molar-refractivity contribution is 6.07. The zero-order valence-corrected chi connectivity index (χ0v) is 14.8. The topological polar surface area (TPSA) is 55.3 Å². The molecule has 1 aliphatic rings. The molecular weight excluding hydrogens is 326 g/mol. The van der Waals surface area contributed by atoms with Crippen molar-refractivity contribution < 1.29 is 9.53 Å². The van der Waals surface area contributed by atoms with Gasteiger partial charge in [0.25, 0.3) is 5.91 Å². The minimum atomic E-state index is 0.0841. The van der Waals surface area contributed by atoms with Crippen LogP contribution in [0.5, 0.6) is 5.88 Å². The Morgan fingerprint density at radius 1 is 1.08 bits per heavy atom. The zero-order valence-electron chi connectivity index (χ0n) is 14.8. The summed E-state index contributed by atoms with van der Waals surface area (Å²) in [5.41, 5.74) is 0.772. The van der Waals surface area contributed by atoms with Gasteiger partial charge in [0.15, 0.2) is 0 Å². The SMILES string of the molecule is Cc1nccc(OC2CCN(C(=O)c3cccc4ccccc34)CC2)n1. The second-order valence-electron chi connectivity index (χ2n) is 6.58. The lowest BCUT2D eigenvalue weighted by atomic mass is 10.0. The molecule has 1 amide bonds. The number of amides is 1. The predicted molar refractivity (Wildman–Crippen MR) is 100 cm³/mol. The average Bonchev–Trinajstić information content (AvgIpc) is 2.68. The number of hydrogen-bond donors (Lipinski definition) is 0. The Balaban J connectivity index is 1.43. The summed E-state index contributed by atoms with van der Waals surface area (Å²) in [5.74, 6) is 1.40. The monoisotopic (exact) mass is 347 g/mol. The van der Waals surface area contributed by atoms with Crippen LogP contribution >= 0.6 is 0 Å². The number of aromatic nitrogens is 2. The molecule has 0 radical (unpaired) electrons. The molecule has 132 valence electrons. The van der Waals surface area contributed by atoms with Crippen molar-refractivity contribution in [2.75, 3.05) is 13.1 Å². The predicted octanol–water partition coefficient (Wildman–Crippen LogP) is 3.62. The molecule has 1 saturated heterocycles. The highest BCUT2D eigenvalue weighted by Crippen LogP contribution is 2.23. The second-order valence-corrected chi connectivity index (χ2v) is 6.58. The van der Waals surface area contributed by atoms with E-state index in [-0.39, 0.29) is 12.0 Å². The molecule has 1 aromatic heterocycles. The van der Waals surface area contributed by atoms with Crippen molar-refractivity contribution in [1.82, 2.24) is 14.9 Å². The van der Waals surface area contributed by atoms with Gasteiger partial charge in [-0.05, 0) is 23.8 Å². The molecule has 2 heterocycles. The smallest absolute Gasteiger partial charge is 0.254 e. The molecular formula is C21H21N3O2. The Morgan fingerprint density at radius 3 is 2.65 bits per heavy atom. The maximum absolute atomic E-state index is 13.0. The van der Waals surface area contributed by atoms with Crippen LogP contribution in [0.4, 0.5) is 0 Å². The van der Waals surface area contributed by atoms with Gasteiger partial charge in [0.2, 0.25) is 5.88 Å². The van der Waals surface area contributed by atoms with Crippen LogP contribution in [0.1, 0.15) is 29.0 Å². The van der Waals surface area contributed by atoms with Crippen LogP contribution in [0.3, 0.4) is 0 Å². The van der Waals surface area contributed by atoms with Crippen LogP contribution < -0.4 is 4.74 Å². The summed E-state index contributed by atoms with van der Waals surface area (Å²) in [6.45, 7) is 3.23. The maximum atomic E-state index is 13.0. The Labute approximate surface area is 152 Å². The molecule has 3 aromatic rings. The summed E-state index contributed by atoms with van der Waals surface area (Å²) in [5, 5.41) is 2.10. The van der Waals surface area contributed by atoms with Gasteiger partial charge in [-0.3, -0.25) is 4.79 Å². The Bertz CT molecular complexity index is 928. The third-order valence-corrected chi connectivity index (χ3v) is 4.79. The fraction of sp³-hybridized carbons (Fsp3) is 0.286. The minimum absolute atomic E-state index is 0.0841. The van der Waals surface area contributed by atoms with Crippen molar-refractivity contribution in [3.05, 3.63) is 66.1 Å². The maximum Gasteiger partial charge on any atom is 0.254 e. The fourth-order valence-electron chi connectivity index (χ4n) is 3.43. The van der Waals surface area contributed by atoms with Crippen molar-refractivity contribution in [3.8, 4) is 5.88 Å². The number of carbonyl (C=O) groups excluding carboxylic acids is 1. The number of benzene rings is 2. The standard InChI is InChI=1S/C21H21N3O2/c1-15-22-12-9-20(23-15)26-17-10-13-24(14-11-17)21(25)19-8-4-6-16-5-2-3-7-18(16)19/h2-9,12,17H,10-11,13-14H2,1H3. The van der Waals surface area contributed by atoms with E-state index < -0.39 is 0 Å². The van der Waals surface area contributed by atoms with E-state index in [9.17, 15) is 4.79 Å². The van der Waals surface area contributed by atoms with Crippen molar-refractivity contribution >= 4 is 16.7 Å². The Kier molecular flexibility index (Phi) is 4.52. The Morgan fingerprint density at radius 2 is 1.85 bits per heavy atom. The van der Waals surface area contributed by atoms with Gasteiger partial charge in [-0.15, -0.1) is 0 Å². The summed E-state index contributed by atoms with van der Waals surface area (Å²) < 4.78 is 5.95. The summed E-state index contributed by atoms with van der Waals surface area (Å²) in [6.07, 6.45) is 3.40. The molecule has 0 saturated carbocycles. The van der Waals surface area contributed by atoms with Crippen LogP contribution in [-0.2, 0) is 0 Å². The second kappa shape index (κ2) is 7.12. The normalized spacial score (nSPS) is 15.2. The molecule has 0 N–H and O–H groups in total. The summed E-state index contributed by atoms with van der Waals surface area (Å²) in [6, 6.07) is 15.7. The summed E-state index contributed by atoms with van der Waals surface area (Å²) >= 11 is 0. The number of carbonyl (C=O) groups is 1. The first-order valence-electron chi connectivity index (χ1n) is 8.94. The van der Waals surface area contributed by atoms with Gasteiger partial charge < -0.3 is 9.64 Å². The highest BCUT2D eigenvalue weighted by atomic mass is 16.5. The van der Waals surface area contributed by atoms with Crippen LogP contribution in [0.2, 0.25) is 0 Å². The largest absolute Gasteiger partial charge is 0.474 e. The van der Waals surface area contributed by atoms with E-state index >= 15 is 0 Å². The first-order chi connectivity index (χ1) is 12.7. The van der Waals surface area contributed by atoms with Crippen molar-refractivity contribution in [1.29, 1.82) is 0 Å². The van der Waals surface area contributed by atoms with E-state index in [2.05, 4.69) is 9.97 Å². The molecule has 0 atom stereocenters. The van der Waals surface area contributed by atoms with Crippen LogP contribution in [-0.4, -0.2) is 40.0 Å². The van der Waals surface area contributed by atoms with Gasteiger partial charge in [-0.2, -0.15) is 4.98 Å². The number of piperidine rings is 1. The van der Waals surface area contributed by atoms with Gasteiger partial charge in [0.1, 0.15) is 11.9 Å². The number of hydrogen-bond acceptors (Lipinski definition) is 4. The molecule has 0 spiro atoms. The molecule has 1 fully saturated rings. The number of nitrogens with zero attached hydrogens (tertiary/aromatic N) is 3. The van der Waals surface area contributed by atoms with Gasteiger partial charge in [-0.1, -0.05) is 36.4 Å². The summed E-state index contributed by atoms with van der Waals surface area (Å²) in [7, 11) is 0. The van der Waals surface area contributed by atoms with Gasteiger partial charge >= 0.3 is 0 Å². The third kappa shape index (κ3) is 3.38. The lowest BCUT2D eigenvalue weighted by molar-refractivity contribution is 0.0589. The lowest BCUT2D eigenvalue weighted by Crippen LogP contribution is -2.41. The lowest BCUT2D eigenvalue weighted by Gasteiger charge is -2.32. The van der Waals surface area contributed by atoms with E-state index in [0.29, 0.717) is 24.8 Å². The highest BCUT2D eigenvalue weighted by Gasteiger charge is 2.25. The van der Waals surface area contributed by atoms with E-state index in [1.54, 1.807) is 12.3 Å². The first-order valence-corrected chi connectivity index (χ1v) is 8.94. The minimum Gasteiger partial charge on any atom is -0.474 e. The van der Waals surface area contributed by atoms with E-state index in [1.807, 2.05) is 54.3 Å². The molecule has 4 rings (SSSR count). The zero-order chi connectivity index (χ0) is 17.9. The molecule has 26 heavy (non-hydrogen) atoms. The molecule has 0 unspecified atom stereocenters. The molecule has 2 aromatic carbocycles. The molecule has 5 heteroatoms. The number of aryl methyl sites for hydroxylation is 1. The van der Waals surface area contributed by atoms with E-state index in [0.717, 1.165) is 29.2 Å². The van der Waals surface area contributed by atoms with Crippen molar-refractivity contribution in [2.45, 2.75) is 25.9 Å². The number of rotatable bonds is 3. The fourth-order valence-corrected chi connectivity index (χ4v) is 3.43. The molecule has 1 aliphatic heterocycles. The van der Waals surface area contributed by atoms with Crippen LogP contribution in [0.15, 0.2) is 54.7 Å². The number of fused-ring (bicyclic) bond motifs is 1. The van der Waals surface area contributed by atoms with E-state index in [1.165, 1.54) is 0 Å². The molecule has 5 nitrogen and oxygen atoms in total. The Hall–Kier alpha value is -2.95. The van der Waals surface area contributed by atoms with Gasteiger partial charge in [-0.25, -0.2) is 4.98 Å². The van der Waals surface area contributed by atoms with E-state index in [4.69, 9.17) is 4.74 Å². The van der Waals surface area contributed by atoms with Crippen LogP contribution in [0, 0.1) is 6.92 Å². The molecule has 0 aliphatic carbocycles. The van der Waals surface area contributed by atoms with Gasteiger partial charge in [0, 0.05) is 43.8 Å². The quantitative estimate of drug-likeness (QED) is 0.726.